The summed E-state index contributed by atoms with van der Waals surface area (Å²) in [6, 6.07) is 9.93. The van der Waals surface area contributed by atoms with Crippen molar-refractivity contribution in [1.29, 1.82) is 0 Å². The predicted octanol–water partition coefficient (Wildman–Crippen LogP) is 2.09. The average Bonchev–Trinajstić information content (AvgIpc) is 3.07. The largest absolute Gasteiger partial charge is 0.342 e. The van der Waals surface area contributed by atoms with Gasteiger partial charge in [0.1, 0.15) is 5.82 Å². The summed E-state index contributed by atoms with van der Waals surface area (Å²) in [5, 5.41) is 0. The van der Waals surface area contributed by atoms with Crippen LogP contribution in [0.25, 0.3) is 11.3 Å². The fraction of sp³-hybridized carbons (Fsp3) is 0.400. The van der Waals surface area contributed by atoms with Gasteiger partial charge in [-0.3, -0.25) is 0 Å². The van der Waals surface area contributed by atoms with E-state index in [2.05, 4.69) is 14.7 Å². The third-order valence-corrected chi connectivity index (χ3v) is 6.26. The molecule has 21 heavy (non-hydrogen) atoms. The average molecular weight is 305 g/mol. The molecule has 0 unspecified atom stereocenters. The van der Waals surface area contributed by atoms with Gasteiger partial charge in [-0.25, -0.2) is 18.1 Å². The van der Waals surface area contributed by atoms with Gasteiger partial charge in [0.05, 0.1) is 16.6 Å². The Bertz CT molecular complexity index is 718. The number of aromatic amines is 1. The molecule has 5 nitrogen and oxygen atoms in total. The lowest BCUT2D eigenvalue weighted by atomic mass is 10.2. The number of nitrogens with one attached hydrogen (secondary N) is 2. The number of sulfonamides is 1. The first-order valence-electron chi connectivity index (χ1n) is 7.09. The van der Waals surface area contributed by atoms with Crippen molar-refractivity contribution in [3.05, 3.63) is 42.4 Å². The molecule has 1 heterocycles. The first kappa shape index (κ1) is 14.3. The molecule has 6 heteroatoms. The quantitative estimate of drug-likeness (QED) is 0.858. The van der Waals surface area contributed by atoms with Gasteiger partial charge >= 0.3 is 0 Å². The van der Waals surface area contributed by atoms with Crippen LogP contribution in [0.3, 0.4) is 0 Å². The first-order valence-corrected chi connectivity index (χ1v) is 8.57. The van der Waals surface area contributed by atoms with Crippen LogP contribution in [0.2, 0.25) is 0 Å². The summed E-state index contributed by atoms with van der Waals surface area (Å²) >= 11 is 0. The SMILES string of the molecule is CC1(S(=O)(=O)NCCc2ncc(-c3ccccc3)[nH]2)CC1. The Kier molecular flexibility index (Phi) is 3.59. The molecule has 1 aromatic carbocycles. The van der Waals surface area contributed by atoms with Gasteiger partial charge in [0, 0.05) is 13.0 Å². The van der Waals surface area contributed by atoms with Gasteiger partial charge in [-0.05, 0) is 25.3 Å². The van der Waals surface area contributed by atoms with E-state index in [-0.39, 0.29) is 0 Å². The summed E-state index contributed by atoms with van der Waals surface area (Å²) < 4.78 is 26.1. The third kappa shape index (κ3) is 3.01. The monoisotopic (exact) mass is 305 g/mol. The molecule has 0 radical (unpaired) electrons. The van der Waals surface area contributed by atoms with E-state index in [1.165, 1.54) is 0 Å². The van der Waals surface area contributed by atoms with Crippen molar-refractivity contribution < 1.29 is 8.42 Å². The molecule has 2 N–H and O–H groups in total. The lowest BCUT2D eigenvalue weighted by Gasteiger charge is -2.11. The van der Waals surface area contributed by atoms with Crippen LogP contribution in [0.5, 0.6) is 0 Å². The summed E-state index contributed by atoms with van der Waals surface area (Å²) in [5.74, 6) is 0.789. The van der Waals surface area contributed by atoms with E-state index < -0.39 is 14.8 Å². The minimum atomic E-state index is -3.19. The molecule has 1 saturated carbocycles. The molecule has 1 aromatic heterocycles. The third-order valence-electron chi connectivity index (χ3n) is 3.97. The maximum Gasteiger partial charge on any atom is 0.217 e. The second kappa shape index (κ2) is 5.27. The zero-order valence-corrected chi connectivity index (χ0v) is 12.8. The van der Waals surface area contributed by atoms with Crippen LogP contribution in [-0.2, 0) is 16.4 Å². The predicted molar refractivity (Wildman–Crippen MR) is 82.3 cm³/mol. The minimum Gasteiger partial charge on any atom is -0.342 e. The molecular formula is C15H19N3O2S. The molecule has 3 rings (SSSR count). The molecule has 1 fully saturated rings. The molecule has 1 aliphatic rings. The molecule has 0 bridgehead atoms. The summed E-state index contributed by atoms with van der Waals surface area (Å²) in [7, 11) is -3.19. The molecule has 2 aromatic rings. The van der Waals surface area contributed by atoms with Crippen LogP contribution in [0.1, 0.15) is 25.6 Å². The Morgan fingerprint density at radius 3 is 2.67 bits per heavy atom. The van der Waals surface area contributed by atoms with E-state index >= 15 is 0 Å². The van der Waals surface area contributed by atoms with Gasteiger partial charge in [0.2, 0.25) is 10.0 Å². The minimum absolute atomic E-state index is 0.375. The van der Waals surface area contributed by atoms with E-state index in [0.29, 0.717) is 13.0 Å². The van der Waals surface area contributed by atoms with Crippen molar-refractivity contribution in [1.82, 2.24) is 14.7 Å². The van der Waals surface area contributed by atoms with Crippen molar-refractivity contribution in [3.63, 3.8) is 0 Å². The van der Waals surface area contributed by atoms with Crippen LogP contribution in [-0.4, -0.2) is 29.7 Å². The van der Waals surface area contributed by atoms with Gasteiger partial charge in [-0.2, -0.15) is 0 Å². The maximum atomic E-state index is 12.0. The van der Waals surface area contributed by atoms with E-state index in [9.17, 15) is 8.42 Å². The Morgan fingerprint density at radius 2 is 2.00 bits per heavy atom. The number of benzene rings is 1. The number of nitrogens with zero attached hydrogens (tertiary/aromatic N) is 1. The second-order valence-corrected chi connectivity index (χ2v) is 7.99. The van der Waals surface area contributed by atoms with Crippen molar-refractivity contribution >= 4 is 10.0 Å². The second-order valence-electron chi connectivity index (χ2n) is 5.71. The summed E-state index contributed by atoms with van der Waals surface area (Å²) in [6.07, 6.45) is 3.84. The Morgan fingerprint density at radius 1 is 1.29 bits per heavy atom. The Labute approximate surface area is 124 Å². The normalized spacial score (nSPS) is 16.8. The number of aromatic nitrogens is 2. The zero-order valence-electron chi connectivity index (χ0n) is 12.0. The smallest absolute Gasteiger partial charge is 0.217 e. The zero-order chi connectivity index (χ0) is 14.9. The van der Waals surface area contributed by atoms with Crippen LogP contribution in [0.15, 0.2) is 36.5 Å². The van der Waals surface area contributed by atoms with Crippen molar-refractivity contribution in [2.45, 2.75) is 30.9 Å². The first-order chi connectivity index (χ1) is 10.0. The standard InChI is InChI=1S/C15H19N3O2S/c1-15(8-9-15)21(19,20)17-10-7-14-16-11-13(18-14)12-5-3-2-4-6-12/h2-6,11,17H,7-10H2,1H3,(H,16,18). The van der Waals surface area contributed by atoms with Gasteiger partial charge in [-0.1, -0.05) is 30.3 Å². The van der Waals surface area contributed by atoms with Crippen LogP contribution >= 0.6 is 0 Å². The fourth-order valence-corrected chi connectivity index (χ4v) is 3.54. The van der Waals surface area contributed by atoms with E-state index in [1.54, 1.807) is 13.1 Å². The van der Waals surface area contributed by atoms with Gasteiger partial charge in [0.25, 0.3) is 0 Å². The van der Waals surface area contributed by atoms with Crippen molar-refractivity contribution in [3.8, 4) is 11.3 Å². The molecule has 0 amide bonds. The van der Waals surface area contributed by atoms with E-state index in [1.807, 2.05) is 30.3 Å². The summed E-state index contributed by atoms with van der Waals surface area (Å²) in [6.45, 7) is 2.16. The lowest BCUT2D eigenvalue weighted by Crippen LogP contribution is -2.35. The lowest BCUT2D eigenvalue weighted by molar-refractivity contribution is 0.566. The molecule has 0 aliphatic heterocycles. The van der Waals surface area contributed by atoms with Crippen LogP contribution in [0.4, 0.5) is 0 Å². The van der Waals surface area contributed by atoms with Crippen molar-refractivity contribution in [2.24, 2.45) is 0 Å². The van der Waals surface area contributed by atoms with Gasteiger partial charge in [-0.15, -0.1) is 0 Å². The number of imidazole rings is 1. The van der Waals surface area contributed by atoms with Crippen LogP contribution in [0, 0.1) is 0 Å². The van der Waals surface area contributed by atoms with Crippen molar-refractivity contribution in [2.75, 3.05) is 6.54 Å². The summed E-state index contributed by atoms with van der Waals surface area (Å²) in [5.41, 5.74) is 2.02. The highest BCUT2D eigenvalue weighted by atomic mass is 32.2. The molecule has 0 atom stereocenters. The number of rotatable bonds is 6. The number of H-pyrrole nitrogens is 1. The molecule has 0 saturated heterocycles. The molecule has 1 aliphatic carbocycles. The van der Waals surface area contributed by atoms with Gasteiger partial charge in [0.15, 0.2) is 0 Å². The Hall–Kier alpha value is -1.66. The van der Waals surface area contributed by atoms with Gasteiger partial charge < -0.3 is 4.98 Å². The number of hydrogen-bond donors (Lipinski definition) is 2. The Balaban J connectivity index is 1.59. The highest BCUT2D eigenvalue weighted by molar-refractivity contribution is 7.91. The summed E-state index contributed by atoms with van der Waals surface area (Å²) in [4.78, 5) is 7.52. The topological polar surface area (TPSA) is 74.8 Å². The molecule has 112 valence electrons. The van der Waals surface area contributed by atoms with E-state index in [4.69, 9.17) is 0 Å². The fourth-order valence-electron chi connectivity index (χ4n) is 2.18. The highest BCUT2D eigenvalue weighted by Gasteiger charge is 2.49. The van der Waals surface area contributed by atoms with E-state index in [0.717, 1.165) is 29.9 Å². The molecular weight excluding hydrogens is 286 g/mol. The molecule has 0 spiro atoms. The number of hydrogen-bond acceptors (Lipinski definition) is 3. The maximum absolute atomic E-state index is 12.0. The highest BCUT2D eigenvalue weighted by Crippen LogP contribution is 2.42. The van der Waals surface area contributed by atoms with Crippen LogP contribution < -0.4 is 4.72 Å².